The summed E-state index contributed by atoms with van der Waals surface area (Å²) in [4.78, 5) is 0. The fourth-order valence-electron chi connectivity index (χ4n) is 3.81. The first-order chi connectivity index (χ1) is 16.4. The second-order valence-corrected chi connectivity index (χ2v) is 7.61. The molecule has 0 aromatic heterocycles. The van der Waals surface area contributed by atoms with E-state index in [9.17, 15) is 18.4 Å². The van der Waals surface area contributed by atoms with Gasteiger partial charge in [0.05, 0.1) is 24.3 Å². The molecule has 0 saturated carbocycles. The van der Waals surface area contributed by atoms with Crippen molar-refractivity contribution >= 4 is 11.1 Å². The van der Waals surface area contributed by atoms with E-state index in [1.54, 1.807) is 19.2 Å². The summed E-state index contributed by atoms with van der Waals surface area (Å²) in [5, 5.41) is 9.22. The van der Waals surface area contributed by atoms with Gasteiger partial charge >= 0.3 is 6.18 Å². The van der Waals surface area contributed by atoms with E-state index in [1.165, 1.54) is 12.1 Å². The lowest BCUT2D eigenvalue weighted by molar-refractivity contribution is -0.137. The van der Waals surface area contributed by atoms with Gasteiger partial charge in [-0.15, -0.1) is 0 Å². The smallest absolute Gasteiger partial charge is 0.416 e. The summed E-state index contributed by atoms with van der Waals surface area (Å²) >= 11 is 0. The molecule has 0 aliphatic heterocycles. The molecule has 4 rings (SSSR count). The second-order valence-electron chi connectivity index (χ2n) is 7.61. The van der Waals surface area contributed by atoms with Crippen LogP contribution >= 0.6 is 0 Å². The van der Waals surface area contributed by atoms with Gasteiger partial charge in [0.1, 0.15) is 5.75 Å². The van der Waals surface area contributed by atoms with Gasteiger partial charge in [0.15, 0.2) is 0 Å². The lowest BCUT2D eigenvalue weighted by Crippen LogP contribution is -2.05. The molecule has 0 spiro atoms. The number of methoxy groups -OCH3 is 1. The first-order valence-electron chi connectivity index (χ1n) is 10.5. The highest BCUT2D eigenvalue weighted by molar-refractivity contribution is 6.04. The number of hydrogen-bond acceptors (Lipinski definition) is 2. The minimum Gasteiger partial charge on any atom is -0.497 e. The molecule has 5 heteroatoms. The molecule has 0 amide bonds. The Balaban J connectivity index is 2.03. The summed E-state index contributed by atoms with van der Waals surface area (Å²) < 4.78 is 45.0. The molecule has 0 aliphatic carbocycles. The van der Waals surface area contributed by atoms with Crippen LogP contribution in [0.5, 0.6) is 5.75 Å². The Bertz CT molecular complexity index is 1330. The summed E-state index contributed by atoms with van der Waals surface area (Å²) in [7, 11) is 1.58. The van der Waals surface area contributed by atoms with Crippen molar-refractivity contribution in [2.45, 2.75) is 6.18 Å². The number of halogens is 3. The SMILES string of the molecule is COc1ccc(/C(=C(/c2ccccc2)c2ccc(C#N)cc2)c2ccc(C(F)(F)F)cc2)cc1. The molecule has 0 unspecified atom stereocenters. The van der Waals surface area contributed by atoms with Gasteiger partial charge in [-0.05, 0) is 69.8 Å². The van der Waals surface area contributed by atoms with E-state index in [0.717, 1.165) is 40.0 Å². The second kappa shape index (κ2) is 9.68. The average Bonchev–Trinajstić information content (AvgIpc) is 2.87. The maximum Gasteiger partial charge on any atom is 0.416 e. The third kappa shape index (κ3) is 4.87. The minimum atomic E-state index is -4.42. The van der Waals surface area contributed by atoms with Gasteiger partial charge < -0.3 is 4.74 Å². The van der Waals surface area contributed by atoms with Gasteiger partial charge in [0.25, 0.3) is 0 Å². The van der Waals surface area contributed by atoms with Crippen molar-refractivity contribution in [1.82, 2.24) is 0 Å². The van der Waals surface area contributed by atoms with Crippen molar-refractivity contribution in [2.24, 2.45) is 0 Å². The zero-order chi connectivity index (χ0) is 24.1. The van der Waals surface area contributed by atoms with Gasteiger partial charge in [-0.2, -0.15) is 18.4 Å². The molecule has 0 heterocycles. The average molecular weight is 455 g/mol. The maximum absolute atomic E-state index is 13.2. The molecular weight excluding hydrogens is 435 g/mol. The van der Waals surface area contributed by atoms with Crippen LogP contribution in [-0.2, 0) is 6.18 Å². The van der Waals surface area contributed by atoms with Crippen LogP contribution in [-0.4, -0.2) is 7.11 Å². The monoisotopic (exact) mass is 455 g/mol. The van der Waals surface area contributed by atoms with Crippen LogP contribution in [0.4, 0.5) is 13.2 Å². The first-order valence-corrected chi connectivity index (χ1v) is 10.5. The van der Waals surface area contributed by atoms with Crippen LogP contribution < -0.4 is 4.74 Å². The van der Waals surface area contributed by atoms with Crippen molar-refractivity contribution in [2.75, 3.05) is 7.11 Å². The zero-order valence-electron chi connectivity index (χ0n) is 18.3. The van der Waals surface area contributed by atoms with Crippen LogP contribution in [0.1, 0.15) is 33.4 Å². The Morgan fingerprint density at radius 3 is 1.53 bits per heavy atom. The Morgan fingerprint density at radius 1 is 0.647 bits per heavy atom. The summed E-state index contributed by atoms with van der Waals surface area (Å²) in [6.45, 7) is 0. The van der Waals surface area contributed by atoms with E-state index in [1.807, 2.05) is 66.7 Å². The van der Waals surface area contributed by atoms with Crippen molar-refractivity contribution in [3.63, 3.8) is 0 Å². The van der Waals surface area contributed by atoms with Crippen molar-refractivity contribution < 1.29 is 17.9 Å². The van der Waals surface area contributed by atoms with Crippen molar-refractivity contribution in [3.05, 3.63) is 137 Å². The van der Waals surface area contributed by atoms with Crippen molar-refractivity contribution in [3.8, 4) is 11.8 Å². The maximum atomic E-state index is 13.2. The molecule has 0 aliphatic rings. The minimum absolute atomic E-state index is 0.525. The number of hydrogen-bond donors (Lipinski definition) is 0. The molecule has 4 aromatic carbocycles. The normalized spacial score (nSPS) is 12.0. The third-order valence-corrected chi connectivity index (χ3v) is 5.49. The van der Waals surface area contributed by atoms with E-state index >= 15 is 0 Å². The molecule has 4 aromatic rings. The van der Waals surface area contributed by atoms with E-state index < -0.39 is 11.7 Å². The molecule has 168 valence electrons. The number of rotatable bonds is 5. The number of nitrogens with zero attached hydrogens (tertiary/aromatic N) is 1. The molecular formula is C29H20F3NO. The van der Waals surface area contributed by atoms with E-state index in [-0.39, 0.29) is 0 Å². The lowest BCUT2D eigenvalue weighted by Gasteiger charge is -2.19. The number of ether oxygens (including phenoxy) is 1. The van der Waals surface area contributed by atoms with Gasteiger partial charge in [-0.1, -0.05) is 66.7 Å². The van der Waals surface area contributed by atoms with E-state index in [4.69, 9.17) is 4.74 Å². The number of alkyl halides is 3. The van der Waals surface area contributed by atoms with Gasteiger partial charge in [0, 0.05) is 0 Å². The van der Waals surface area contributed by atoms with Crippen LogP contribution in [0.25, 0.3) is 11.1 Å². The molecule has 0 atom stereocenters. The molecule has 2 nitrogen and oxygen atoms in total. The molecule has 34 heavy (non-hydrogen) atoms. The molecule has 0 fully saturated rings. The van der Waals surface area contributed by atoms with Crippen LogP contribution in [0.15, 0.2) is 103 Å². The Labute approximate surface area is 196 Å². The Kier molecular flexibility index (Phi) is 6.51. The summed E-state index contributed by atoms with van der Waals surface area (Å²) in [6, 6.07) is 31.6. The summed E-state index contributed by atoms with van der Waals surface area (Å²) in [5.74, 6) is 0.676. The predicted molar refractivity (Wildman–Crippen MR) is 127 cm³/mol. The number of nitriles is 1. The molecule has 0 N–H and O–H groups in total. The molecule has 0 radical (unpaired) electrons. The lowest BCUT2D eigenvalue weighted by atomic mass is 9.85. The Hall–Kier alpha value is -4.30. The highest BCUT2D eigenvalue weighted by Crippen LogP contribution is 2.38. The van der Waals surface area contributed by atoms with E-state index in [0.29, 0.717) is 16.9 Å². The van der Waals surface area contributed by atoms with Gasteiger partial charge in [-0.25, -0.2) is 0 Å². The van der Waals surface area contributed by atoms with Crippen LogP contribution in [0.2, 0.25) is 0 Å². The third-order valence-electron chi connectivity index (χ3n) is 5.49. The zero-order valence-corrected chi connectivity index (χ0v) is 18.3. The summed E-state index contributed by atoms with van der Waals surface area (Å²) in [6.07, 6.45) is -4.42. The molecule has 0 saturated heterocycles. The molecule has 0 bridgehead atoms. The fourth-order valence-corrected chi connectivity index (χ4v) is 3.81. The van der Waals surface area contributed by atoms with Crippen molar-refractivity contribution in [1.29, 1.82) is 5.26 Å². The first kappa shape index (κ1) is 22.9. The highest BCUT2D eigenvalue weighted by atomic mass is 19.4. The van der Waals surface area contributed by atoms with Crippen LogP contribution in [0.3, 0.4) is 0 Å². The van der Waals surface area contributed by atoms with E-state index in [2.05, 4.69) is 6.07 Å². The van der Waals surface area contributed by atoms with Gasteiger partial charge in [-0.3, -0.25) is 0 Å². The highest BCUT2D eigenvalue weighted by Gasteiger charge is 2.30. The predicted octanol–water partition coefficient (Wildman–Crippen LogP) is 7.59. The largest absolute Gasteiger partial charge is 0.497 e. The standard InChI is InChI=1S/C29H20F3NO/c1-34-26-17-13-24(14-18-26)28(23-11-15-25(16-12-23)29(30,31)32)27(21-5-3-2-4-6-21)22-9-7-20(19-33)8-10-22/h2-18H,1H3/b28-27-. The topological polar surface area (TPSA) is 33.0 Å². The Morgan fingerprint density at radius 2 is 1.09 bits per heavy atom. The van der Waals surface area contributed by atoms with Gasteiger partial charge in [0.2, 0.25) is 0 Å². The number of benzene rings is 4. The quantitative estimate of drug-likeness (QED) is 0.290. The summed E-state index contributed by atoms with van der Waals surface area (Å²) in [5.41, 5.74) is 4.64. The van der Waals surface area contributed by atoms with Crippen LogP contribution in [0, 0.1) is 11.3 Å². The fraction of sp³-hybridized carbons (Fsp3) is 0.0690.